The molecule has 5 heterocycles. The quantitative estimate of drug-likeness (QED) is 0.0464. The smallest absolute Gasteiger partial charge is 1.00 e. The van der Waals surface area contributed by atoms with E-state index in [0.717, 1.165) is 47.3 Å². The third kappa shape index (κ3) is 19.6. The molecule has 0 aromatic heterocycles. The Hall–Kier alpha value is 3.94. The number of rotatable bonds is 0. The minimum atomic E-state index is -2.86. The Bertz CT molecular complexity index is 1310. The van der Waals surface area contributed by atoms with E-state index >= 15 is 0 Å². The third-order valence-corrected chi connectivity index (χ3v) is 13.8. The first-order chi connectivity index (χ1) is 26.7. The number of hydrogen-bond acceptors (Lipinski definition) is 20. The van der Waals surface area contributed by atoms with E-state index in [0.29, 0.717) is 49.3 Å². The molecule has 29 heteroatoms. The van der Waals surface area contributed by atoms with Crippen LogP contribution in [0.5, 0.6) is 0 Å². The molecule has 9 fully saturated rings. The van der Waals surface area contributed by atoms with Crippen molar-refractivity contribution in [3.8, 4) is 0 Å². The maximum Gasteiger partial charge on any atom is 1.00 e. The molecule has 0 aromatic carbocycles. The molecule has 0 aromatic rings. The fourth-order valence-electron chi connectivity index (χ4n) is 12.0. The molecular formula is C32H64N8Na4O12RhS4-4. The van der Waals surface area contributed by atoms with Crippen molar-refractivity contribution in [2.24, 2.45) is 47.3 Å². The van der Waals surface area contributed by atoms with Gasteiger partial charge in [-0.25, -0.2) is 0 Å². The number of fused-ring (bicyclic) bond motifs is 20. The van der Waals surface area contributed by atoms with Crippen LogP contribution in [0, 0.1) is 47.3 Å². The summed E-state index contributed by atoms with van der Waals surface area (Å²) in [4.78, 5) is 0. The zero-order chi connectivity index (χ0) is 40.5. The van der Waals surface area contributed by atoms with Crippen LogP contribution in [0.4, 0.5) is 0 Å². The Morgan fingerprint density at radius 3 is 0.443 bits per heavy atom. The summed E-state index contributed by atoms with van der Waals surface area (Å²) < 4.78 is 96.3. The first kappa shape index (κ1) is 64.9. The molecule has 8 bridgehead atoms. The first-order valence-corrected chi connectivity index (χ1v) is 24.1. The van der Waals surface area contributed by atoms with Gasteiger partial charge in [-0.15, -0.1) is 0 Å². The summed E-state index contributed by atoms with van der Waals surface area (Å²) in [6.45, 7) is 0. The molecule has 8 atom stereocenters. The van der Waals surface area contributed by atoms with Gasteiger partial charge in [0, 0.05) is 63.4 Å². The molecule has 4 aliphatic carbocycles. The molecular weight excluding hydrogens is 1010 g/mol. The minimum Gasteiger partial charge on any atom is -1.00 e. The van der Waals surface area contributed by atoms with E-state index in [1.807, 2.05) is 0 Å². The van der Waals surface area contributed by atoms with Crippen LogP contribution in [0.3, 0.4) is 0 Å². The molecule has 0 amide bonds. The van der Waals surface area contributed by atoms with Crippen molar-refractivity contribution in [2.75, 3.05) is 0 Å². The van der Waals surface area contributed by atoms with Crippen molar-refractivity contribution < 1.29 is 195 Å². The Morgan fingerprint density at radius 1 is 0.279 bits per heavy atom. The molecule has 5 saturated heterocycles. The molecule has 4 saturated carbocycles. The zero-order valence-corrected chi connectivity index (χ0v) is 48.5. The molecule has 9 rings (SSSR count). The average Bonchev–Trinajstić information content (AvgIpc) is 3.87. The molecule has 345 valence electrons. The van der Waals surface area contributed by atoms with E-state index in [-0.39, 0.29) is 143 Å². The van der Waals surface area contributed by atoms with Crippen molar-refractivity contribution >= 4 is 43.9 Å². The van der Waals surface area contributed by atoms with Gasteiger partial charge < -0.3 is 57.6 Å². The molecule has 8 unspecified atom stereocenters. The van der Waals surface area contributed by atoms with E-state index in [9.17, 15) is 0 Å². The largest absolute Gasteiger partial charge is 1.00 e. The molecule has 0 spiro atoms. The van der Waals surface area contributed by atoms with E-state index in [2.05, 4.69) is 42.5 Å². The maximum absolute atomic E-state index is 8.56. The van der Waals surface area contributed by atoms with Gasteiger partial charge in [0.25, 0.3) is 0 Å². The van der Waals surface area contributed by atoms with E-state index in [4.69, 9.17) is 51.9 Å². The summed E-state index contributed by atoms with van der Waals surface area (Å²) in [6.07, 6.45) is 25.6. The Labute approximate surface area is 475 Å². The normalized spacial score (nSPS) is 40.0. The van der Waals surface area contributed by atoms with Gasteiger partial charge in [0.1, 0.15) is 0 Å². The first-order valence-electron chi connectivity index (χ1n) is 19.9. The molecule has 1 radical (unpaired) electrons. The predicted octanol–water partition coefficient (Wildman–Crippen LogP) is -9.86. The Morgan fingerprint density at radius 2 is 0.361 bits per heavy atom. The van der Waals surface area contributed by atoms with Gasteiger partial charge >= 0.3 is 118 Å². The number of nitrogens with one attached hydrogen (secondary N) is 8. The second-order valence-electron chi connectivity index (χ2n) is 16.5. The second kappa shape index (κ2) is 32.8. The molecule has 9 aliphatic rings. The monoisotopic (exact) mass is 1080 g/mol. The topological polar surface area (TPSA) is 314 Å². The van der Waals surface area contributed by atoms with Crippen LogP contribution in [0.25, 0.3) is 0 Å². The summed E-state index contributed by atoms with van der Waals surface area (Å²) in [6, 6.07) is 0. The van der Waals surface area contributed by atoms with Gasteiger partial charge in [-0.05, 0) is 98.7 Å². The van der Waals surface area contributed by atoms with E-state index in [1.165, 1.54) is 103 Å². The van der Waals surface area contributed by atoms with Crippen molar-refractivity contribution in [3.05, 3.63) is 0 Å². The molecule has 12 N–H and O–H groups in total. The standard InChI is InChI=1S/C32H56N8.4Na.4HO3S.Rh.4H/c1-2-10-18-17(9-1)25-33-26(18)38-28-21-13-5-6-14-22(21)30(35-28)40-32-24-16-8-7-15-23(24)31(36-32)39-29-20-12-4-3-11-19(20)27(34-29)37-25;;;;;4*1-4(2)3;;;;;/h17-40H,1-16H2;;;;;4*(H,1,2,3);;;;;/q;4*+1;4*-1;;4*-1. The Balaban J connectivity index is -0.000000423. The Kier molecular flexibility index (Phi) is 34.9. The molecule has 5 aliphatic heterocycles. The summed E-state index contributed by atoms with van der Waals surface area (Å²) in [7, 11) is -11.4. The van der Waals surface area contributed by atoms with Crippen LogP contribution in [-0.2, 0) is 97.1 Å². The van der Waals surface area contributed by atoms with Crippen LogP contribution < -0.4 is 161 Å². The predicted molar refractivity (Wildman–Crippen MR) is 207 cm³/mol. The van der Waals surface area contributed by atoms with Crippen LogP contribution in [0.1, 0.15) is 108 Å². The van der Waals surface area contributed by atoms with Gasteiger partial charge in [0.2, 0.25) is 0 Å². The summed E-state index contributed by atoms with van der Waals surface area (Å²) in [5.74, 6) is 5.97. The summed E-state index contributed by atoms with van der Waals surface area (Å²) >= 11 is 0. The van der Waals surface area contributed by atoms with Crippen molar-refractivity contribution in [2.45, 2.75) is 152 Å². The summed E-state index contributed by atoms with van der Waals surface area (Å²) in [5, 5.41) is 33.8. The van der Waals surface area contributed by atoms with Crippen LogP contribution in [0.15, 0.2) is 0 Å². The van der Waals surface area contributed by atoms with E-state index in [1.54, 1.807) is 0 Å². The van der Waals surface area contributed by atoms with Gasteiger partial charge in [0.15, 0.2) is 0 Å². The third-order valence-electron chi connectivity index (χ3n) is 13.8. The average molecular weight is 1080 g/mol. The zero-order valence-electron chi connectivity index (χ0n) is 39.6. The van der Waals surface area contributed by atoms with E-state index < -0.39 is 43.9 Å². The van der Waals surface area contributed by atoms with Crippen molar-refractivity contribution in [3.63, 3.8) is 0 Å². The fraction of sp³-hybridized carbons (Fsp3) is 1.00. The van der Waals surface area contributed by atoms with Crippen molar-refractivity contribution in [1.29, 1.82) is 0 Å². The maximum atomic E-state index is 8.56. The second-order valence-corrected chi connectivity index (χ2v) is 18.2. The van der Waals surface area contributed by atoms with Gasteiger partial charge in [0.05, 0.1) is 49.3 Å². The SMILES string of the molecule is C1CCC2C3NC(NC4NC(NC5NC(NC6NC(N3)C3CCCCC63)C3CCCCC53)C3CCCCC43)C2C1.O=[S-](=O)O.O=[S-](=O)O.O=[S-](=O)O.O=[S-](=O)O.[H-].[H-].[H-].[H-].[Na+].[Na+].[Na+].[Na+].[Rh]. The molecule has 20 nitrogen and oxygen atoms in total. The van der Waals surface area contributed by atoms with Crippen LogP contribution >= 0.6 is 0 Å². The van der Waals surface area contributed by atoms with Gasteiger partial charge in [-0.2, -0.15) is 0 Å². The minimum absolute atomic E-state index is 0. The van der Waals surface area contributed by atoms with Gasteiger partial charge in [-0.1, -0.05) is 51.4 Å². The molecule has 61 heavy (non-hydrogen) atoms. The van der Waals surface area contributed by atoms with Crippen molar-refractivity contribution in [1.82, 2.24) is 42.5 Å². The summed E-state index contributed by atoms with van der Waals surface area (Å²) in [5.41, 5.74) is 0. The van der Waals surface area contributed by atoms with Crippen LogP contribution in [0.2, 0.25) is 0 Å². The van der Waals surface area contributed by atoms with Crippen LogP contribution in [-0.4, -0.2) is 67.5 Å². The fourth-order valence-corrected chi connectivity index (χ4v) is 12.0. The number of hydrogen-bond donors (Lipinski definition) is 12. The van der Waals surface area contributed by atoms with Gasteiger partial charge in [-0.3, -0.25) is 42.5 Å².